The van der Waals surface area contributed by atoms with Crippen molar-refractivity contribution in [3.63, 3.8) is 0 Å². The first-order valence-corrected chi connectivity index (χ1v) is 6.77. The summed E-state index contributed by atoms with van der Waals surface area (Å²) in [6.45, 7) is 1.33. The number of rotatable bonds is 5. The summed E-state index contributed by atoms with van der Waals surface area (Å²) in [7, 11) is 0. The molecule has 1 aromatic heterocycles. The van der Waals surface area contributed by atoms with Crippen molar-refractivity contribution in [1.29, 1.82) is 0 Å². The van der Waals surface area contributed by atoms with Gasteiger partial charge >= 0.3 is 12.1 Å². The highest BCUT2D eigenvalue weighted by Crippen LogP contribution is 2.31. The Morgan fingerprint density at radius 1 is 1.33 bits per heavy atom. The van der Waals surface area contributed by atoms with Crippen LogP contribution in [-0.4, -0.2) is 27.3 Å². The number of nitro groups is 1. The van der Waals surface area contributed by atoms with Gasteiger partial charge in [-0.2, -0.15) is 18.3 Å². The summed E-state index contributed by atoms with van der Waals surface area (Å²) < 4.78 is 44.5. The minimum absolute atomic E-state index is 0.0658. The lowest BCUT2D eigenvalue weighted by atomic mass is 10.2. The summed E-state index contributed by atoms with van der Waals surface area (Å²) in [6.07, 6.45) is -3.86. The number of esters is 1. The first-order valence-electron chi connectivity index (χ1n) is 6.77. The zero-order valence-corrected chi connectivity index (χ0v) is 12.4. The standard InChI is InChI=1S/C14H12F3N3O4/c1-2-24-13(21)11-8-19(18-12(11)14(15,16)17)7-9-3-5-10(6-4-9)20(22)23/h3-6,8H,2,7H2,1H3. The van der Waals surface area contributed by atoms with E-state index in [0.717, 1.165) is 10.9 Å². The van der Waals surface area contributed by atoms with E-state index >= 15 is 0 Å². The molecule has 0 bridgehead atoms. The van der Waals surface area contributed by atoms with Gasteiger partial charge in [0.1, 0.15) is 5.56 Å². The maximum absolute atomic E-state index is 13.0. The molecule has 0 N–H and O–H groups in total. The van der Waals surface area contributed by atoms with Gasteiger partial charge in [0.05, 0.1) is 18.1 Å². The summed E-state index contributed by atoms with van der Waals surface area (Å²) in [5.41, 5.74) is -1.65. The molecule has 7 nitrogen and oxygen atoms in total. The van der Waals surface area contributed by atoms with Crippen molar-refractivity contribution < 1.29 is 27.6 Å². The third-order valence-corrected chi connectivity index (χ3v) is 3.02. The van der Waals surface area contributed by atoms with Crippen molar-refractivity contribution in [3.05, 3.63) is 57.4 Å². The summed E-state index contributed by atoms with van der Waals surface area (Å²) in [6, 6.07) is 5.26. The van der Waals surface area contributed by atoms with Crippen LogP contribution in [-0.2, 0) is 17.5 Å². The molecular formula is C14H12F3N3O4. The molecule has 10 heteroatoms. The van der Waals surface area contributed by atoms with Crippen molar-refractivity contribution in [1.82, 2.24) is 9.78 Å². The van der Waals surface area contributed by atoms with Gasteiger partial charge in [-0.15, -0.1) is 0 Å². The van der Waals surface area contributed by atoms with E-state index < -0.39 is 28.3 Å². The van der Waals surface area contributed by atoms with Gasteiger partial charge in [-0.05, 0) is 12.5 Å². The van der Waals surface area contributed by atoms with Gasteiger partial charge in [-0.1, -0.05) is 12.1 Å². The molecule has 1 heterocycles. The smallest absolute Gasteiger partial charge is 0.436 e. The fourth-order valence-corrected chi connectivity index (χ4v) is 1.98. The maximum atomic E-state index is 13.0. The average Bonchev–Trinajstić information content (AvgIpc) is 2.92. The number of nitrogens with zero attached hydrogens (tertiary/aromatic N) is 3. The number of ether oxygens (including phenoxy) is 1. The van der Waals surface area contributed by atoms with E-state index in [9.17, 15) is 28.1 Å². The SMILES string of the molecule is CCOC(=O)c1cn(Cc2ccc([N+](=O)[O-])cc2)nc1C(F)(F)F. The molecule has 0 radical (unpaired) electrons. The first-order chi connectivity index (χ1) is 11.2. The van der Waals surface area contributed by atoms with E-state index in [1.807, 2.05) is 0 Å². The van der Waals surface area contributed by atoms with E-state index in [2.05, 4.69) is 9.84 Å². The molecule has 0 unspecified atom stereocenters. The number of nitro benzene ring substituents is 1. The van der Waals surface area contributed by atoms with Gasteiger partial charge in [0.2, 0.25) is 0 Å². The number of hydrogen-bond donors (Lipinski definition) is 0. The van der Waals surface area contributed by atoms with Crippen LogP contribution in [0.1, 0.15) is 28.5 Å². The van der Waals surface area contributed by atoms with Crippen LogP contribution in [0.25, 0.3) is 0 Å². The van der Waals surface area contributed by atoms with E-state index in [1.54, 1.807) is 0 Å². The van der Waals surface area contributed by atoms with Crippen molar-refractivity contribution in [3.8, 4) is 0 Å². The highest BCUT2D eigenvalue weighted by Gasteiger charge is 2.39. The Kier molecular flexibility index (Phi) is 4.86. The van der Waals surface area contributed by atoms with Crippen molar-refractivity contribution in [2.75, 3.05) is 6.61 Å². The number of non-ortho nitro benzene ring substituents is 1. The first kappa shape index (κ1) is 17.4. The van der Waals surface area contributed by atoms with Crippen LogP contribution in [0.4, 0.5) is 18.9 Å². The molecule has 0 saturated heterocycles. The number of carbonyl (C=O) groups is 1. The monoisotopic (exact) mass is 343 g/mol. The second-order valence-electron chi connectivity index (χ2n) is 4.73. The van der Waals surface area contributed by atoms with Gasteiger partial charge in [0, 0.05) is 18.3 Å². The third-order valence-electron chi connectivity index (χ3n) is 3.02. The van der Waals surface area contributed by atoms with Gasteiger partial charge in [-0.25, -0.2) is 4.79 Å². The Bertz CT molecular complexity index is 754. The van der Waals surface area contributed by atoms with Crippen molar-refractivity contribution in [2.24, 2.45) is 0 Å². The predicted molar refractivity (Wildman–Crippen MR) is 75.4 cm³/mol. The maximum Gasteiger partial charge on any atom is 0.436 e. The molecule has 1 aromatic carbocycles. The van der Waals surface area contributed by atoms with Gasteiger partial charge in [-0.3, -0.25) is 14.8 Å². The topological polar surface area (TPSA) is 87.3 Å². The fourth-order valence-electron chi connectivity index (χ4n) is 1.98. The molecular weight excluding hydrogens is 331 g/mol. The lowest BCUT2D eigenvalue weighted by Crippen LogP contribution is -2.14. The minimum Gasteiger partial charge on any atom is -0.462 e. The molecule has 0 aliphatic heterocycles. The Balaban J connectivity index is 2.30. The van der Waals surface area contributed by atoms with Crippen molar-refractivity contribution >= 4 is 11.7 Å². The van der Waals surface area contributed by atoms with Crippen LogP contribution < -0.4 is 0 Å². The van der Waals surface area contributed by atoms with Crippen LogP contribution in [0.3, 0.4) is 0 Å². The summed E-state index contributed by atoms with van der Waals surface area (Å²) in [5, 5.41) is 14.0. The fraction of sp³-hybridized carbons (Fsp3) is 0.286. The van der Waals surface area contributed by atoms with E-state index in [1.165, 1.54) is 31.2 Å². The Morgan fingerprint density at radius 2 is 1.96 bits per heavy atom. The van der Waals surface area contributed by atoms with Crippen LogP contribution in [0, 0.1) is 10.1 Å². The molecule has 0 spiro atoms. The molecule has 2 rings (SSSR count). The van der Waals surface area contributed by atoms with Crippen molar-refractivity contribution in [2.45, 2.75) is 19.6 Å². The highest BCUT2D eigenvalue weighted by atomic mass is 19.4. The molecule has 24 heavy (non-hydrogen) atoms. The minimum atomic E-state index is -4.80. The number of carbonyl (C=O) groups excluding carboxylic acids is 1. The third kappa shape index (κ3) is 3.89. The molecule has 128 valence electrons. The number of aromatic nitrogens is 2. The number of halogens is 3. The molecule has 0 amide bonds. The van der Waals surface area contributed by atoms with Gasteiger partial charge in [0.15, 0.2) is 5.69 Å². The lowest BCUT2D eigenvalue weighted by molar-refractivity contribution is -0.384. The normalized spacial score (nSPS) is 11.3. The molecule has 2 aromatic rings. The van der Waals surface area contributed by atoms with Crippen LogP contribution in [0.2, 0.25) is 0 Å². The second kappa shape index (κ2) is 6.69. The largest absolute Gasteiger partial charge is 0.462 e. The highest BCUT2D eigenvalue weighted by molar-refractivity contribution is 5.90. The number of benzene rings is 1. The Hall–Kier alpha value is -2.91. The predicted octanol–water partition coefficient (Wildman–Crippen LogP) is 3.04. The quantitative estimate of drug-likeness (QED) is 0.473. The Morgan fingerprint density at radius 3 is 2.46 bits per heavy atom. The zero-order chi connectivity index (χ0) is 17.9. The molecule has 0 aliphatic rings. The van der Waals surface area contributed by atoms with Gasteiger partial charge in [0.25, 0.3) is 5.69 Å². The summed E-state index contributed by atoms with van der Waals surface area (Å²) in [4.78, 5) is 21.6. The summed E-state index contributed by atoms with van der Waals surface area (Å²) >= 11 is 0. The van der Waals surface area contributed by atoms with Crippen LogP contribution in [0.5, 0.6) is 0 Å². The zero-order valence-electron chi connectivity index (χ0n) is 12.4. The second-order valence-corrected chi connectivity index (χ2v) is 4.73. The van der Waals surface area contributed by atoms with E-state index in [4.69, 9.17) is 0 Å². The number of alkyl halides is 3. The molecule has 0 saturated carbocycles. The molecule has 0 fully saturated rings. The van der Waals surface area contributed by atoms with Gasteiger partial charge < -0.3 is 4.74 Å². The van der Waals surface area contributed by atoms with Crippen LogP contribution >= 0.6 is 0 Å². The number of hydrogen-bond acceptors (Lipinski definition) is 5. The van der Waals surface area contributed by atoms with E-state index in [-0.39, 0.29) is 18.8 Å². The summed E-state index contributed by atoms with van der Waals surface area (Å²) in [5.74, 6) is -1.11. The van der Waals surface area contributed by atoms with E-state index in [0.29, 0.717) is 5.56 Å². The lowest BCUT2D eigenvalue weighted by Gasteiger charge is -2.05. The average molecular weight is 343 g/mol. The molecule has 0 aliphatic carbocycles. The molecule has 0 atom stereocenters. The van der Waals surface area contributed by atoms with Crippen LogP contribution in [0.15, 0.2) is 30.5 Å². The Labute approximate surface area is 133 Å².